The first kappa shape index (κ1) is 15.9. The Morgan fingerprint density at radius 2 is 1.68 bits per heavy atom. The third kappa shape index (κ3) is 5.13. The first-order chi connectivity index (χ1) is 10.8. The number of para-hydroxylation sites is 1. The molecule has 0 saturated heterocycles. The summed E-state index contributed by atoms with van der Waals surface area (Å²) in [5.74, 6) is 1.75. The lowest BCUT2D eigenvalue weighted by Gasteiger charge is -2.22. The van der Waals surface area contributed by atoms with Gasteiger partial charge < -0.3 is 15.0 Å². The van der Waals surface area contributed by atoms with Gasteiger partial charge in [0.25, 0.3) is 0 Å². The van der Waals surface area contributed by atoms with Crippen molar-refractivity contribution in [3.63, 3.8) is 0 Å². The van der Waals surface area contributed by atoms with Crippen molar-refractivity contribution in [1.29, 1.82) is 0 Å². The number of rotatable bonds is 6. The minimum absolute atomic E-state index is 0.599. The Labute approximate surface area is 132 Å². The molecule has 0 amide bonds. The van der Waals surface area contributed by atoms with Gasteiger partial charge in [-0.05, 0) is 17.7 Å². The SMILES string of the molecule is CN=C(NCCOc1ccccc1)N(C)Cc1ccccc1. The Morgan fingerprint density at radius 3 is 2.32 bits per heavy atom. The molecule has 0 aromatic heterocycles. The third-order valence-electron chi connectivity index (χ3n) is 3.23. The van der Waals surface area contributed by atoms with E-state index >= 15 is 0 Å². The summed E-state index contributed by atoms with van der Waals surface area (Å²) in [7, 11) is 3.82. The van der Waals surface area contributed by atoms with Gasteiger partial charge in [0, 0.05) is 20.6 Å². The van der Waals surface area contributed by atoms with Crippen LogP contribution in [0.2, 0.25) is 0 Å². The summed E-state index contributed by atoms with van der Waals surface area (Å²) in [6.07, 6.45) is 0. The van der Waals surface area contributed by atoms with Crippen LogP contribution in [0, 0.1) is 0 Å². The standard InChI is InChI=1S/C18H23N3O/c1-19-18(21(2)15-16-9-5-3-6-10-16)20-13-14-22-17-11-7-4-8-12-17/h3-12H,13-15H2,1-2H3,(H,19,20). The van der Waals surface area contributed by atoms with Gasteiger partial charge in [-0.3, -0.25) is 4.99 Å². The maximum Gasteiger partial charge on any atom is 0.193 e. The van der Waals surface area contributed by atoms with E-state index < -0.39 is 0 Å². The van der Waals surface area contributed by atoms with E-state index in [9.17, 15) is 0 Å². The van der Waals surface area contributed by atoms with Crippen LogP contribution < -0.4 is 10.1 Å². The van der Waals surface area contributed by atoms with Gasteiger partial charge in [-0.15, -0.1) is 0 Å². The molecule has 22 heavy (non-hydrogen) atoms. The molecular formula is C18H23N3O. The average Bonchev–Trinajstić information content (AvgIpc) is 2.56. The van der Waals surface area contributed by atoms with E-state index in [0.29, 0.717) is 13.2 Å². The van der Waals surface area contributed by atoms with Crippen molar-refractivity contribution in [2.24, 2.45) is 4.99 Å². The molecule has 0 aliphatic heterocycles. The van der Waals surface area contributed by atoms with Crippen LogP contribution in [0.3, 0.4) is 0 Å². The van der Waals surface area contributed by atoms with Crippen molar-refractivity contribution in [1.82, 2.24) is 10.2 Å². The van der Waals surface area contributed by atoms with E-state index in [1.54, 1.807) is 7.05 Å². The van der Waals surface area contributed by atoms with Gasteiger partial charge in [0.05, 0.1) is 6.54 Å². The first-order valence-corrected chi connectivity index (χ1v) is 7.43. The number of benzene rings is 2. The predicted molar refractivity (Wildman–Crippen MR) is 91.2 cm³/mol. The zero-order valence-electron chi connectivity index (χ0n) is 13.2. The smallest absolute Gasteiger partial charge is 0.193 e. The summed E-state index contributed by atoms with van der Waals surface area (Å²) in [6, 6.07) is 20.2. The summed E-state index contributed by atoms with van der Waals surface area (Å²) in [5.41, 5.74) is 1.26. The maximum atomic E-state index is 5.66. The van der Waals surface area contributed by atoms with Crippen LogP contribution in [0.25, 0.3) is 0 Å². The monoisotopic (exact) mass is 297 g/mol. The highest BCUT2D eigenvalue weighted by molar-refractivity contribution is 5.79. The maximum absolute atomic E-state index is 5.66. The van der Waals surface area contributed by atoms with Crippen molar-refractivity contribution in [3.05, 3.63) is 66.2 Å². The number of nitrogens with one attached hydrogen (secondary N) is 1. The highest BCUT2D eigenvalue weighted by atomic mass is 16.5. The Bertz CT molecular complexity index is 569. The fourth-order valence-corrected chi connectivity index (χ4v) is 2.17. The molecule has 0 heterocycles. The lowest BCUT2D eigenvalue weighted by molar-refractivity contribution is 0.319. The zero-order chi connectivity index (χ0) is 15.6. The molecule has 0 radical (unpaired) electrons. The molecule has 0 bridgehead atoms. The molecule has 116 valence electrons. The average molecular weight is 297 g/mol. The van der Waals surface area contributed by atoms with Gasteiger partial charge in [0.15, 0.2) is 5.96 Å². The van der Waals surface area contributed by atoms with Crippen LogP contribution in [0.1, 0.15) is 5.56 Å². The molecule has 2 aromatic carbocycles. The van der Waals surface area contributed by atoms with Gasteiger partial charge >= 0.3 is 0 Å². The highest BCUT2D eigenvalue weighted by Crippen LogP contribution is 2.07. The van der Waals surface area contributed by atoms with Crippen LogP contribution in [-0.2, 0) is 6.54 Å². The second-order valence-corrected chi connectivity index (χ2v) is 4.98. The highest BCUT2D eigenvalue weighted by Gasteiger charge is 2.05. The van der Waals surface area contributed by atoms with Crippen molar-refractivity contribution in [2.45, 2.75) is 6.54 Å². The van der Waals surface area contributed by atoms with E-state index in [1.807, 2.05) is 55.6 Å². The van der Waals surface area contributed by atoms with Crippen molar-refractivity contribution in [3.8, 4) is 5.75 Å². The molecule has 1 N–H and O–H groups in total. The second-order valence-electron chi connectivity index (χ2n) is 4.98. The van der Waals surface area contributed by atoms with Crippen LogP contribution in [-0.4, -0.2) is 38.1 Å². The molecule has 0 aliphatic carbocycles. The summed E-state index contributed by atoms with van der Waals surface area (Å²) in [6.45, 7) is 2.13. The topological polar surface area (TPSA) is 36.9 Å². The lowest BCUT2D eigenvalue weighted by Crippen LogP contribution is -2.40. The number of hydrogen-bond acceptors (Lipinski definition) is 2. The molecule has 0 aliphatic rings. The fourth-order valence-electron chi connectivity index (χ4n) is 2.17. The number of ether oxygens (including phenoxy) is 1. The normalized spacial score (nSPS) is 11.1. The minimum Gasteiger partial charge on any atom is -0.492 e. The lowest BCUT2D eigenvalue weighted by atomic mass is 10.2. The van der Waals surface area contributed by atoms with E-state index in [-0.39, 0.29) is 0 Å². The summed E-state index contributed by atoms with van der Waals surface area (Å²) < 4.78 is 5.66. The summed E-state index contributed by atoms with van der Waals surface area (Å²) in [4.78, 5) is 6.40. The molecular weight excluding hydrogens is 274 g/mol. The number of aliphatic imine (C=N–C) groups is 1. The third-order valence-corrected chi connectivity index (χ3v) is 3.23. The van der Waals surface area contributed by atoms with Crippen LogP contribution in [0.4, 0.5) is 0 Å². The van der Waals surface area contributed by atoms with Gasteiger partial charge in [-0.1, -0.05) is 48.5 Å². The Hall–Kier alpha value is -2.49. The van der Waals surface area contributed by atoms with Crippen molar-refractivity contribution >= 4 is 5.96 Å². The molecule has 0 spiro atoms. The molecule has 0 fully saturated rings. The second kappa shape index (κ2) is 8.72. The molecule has 4 nitrogen and oxygen atoms in total. The van der Waals surface area contributed by atoms with Gasteiger partial charge in [-0.2, -0.15) is 0 Å². The van der Waals surface area contributed by atoms with Gasteiger partial charge in [-0.25, -0.2) is 0 Å². The van der Waals surface area contributed by atoms with E-state index in [2.05, 4.69) is 27.3 Å². The molecule has 2 aromatic rings. The van der Waals surface area contributed by atoms with Gasteiger partial charge in [0.2, 0.25) is 0 Å². The Morgan fingerprint density at radius 1 is 1.05 bits per heavy atom. The summed E-state index contributed by atoms with van der Waals surface area (Å²) >= 11 is 0. The molecule has 0 unspecified atom stereocenters. The fraction of sp³-hybridized carbons (Fsp3) is 0.278. The van der Waals surface area contributed by atoms with Gasteiger partial charge in [0.1, 0.15) is 12.4 Å². The molecule has 4 heteroatoms. The molecule has 0 saturated carbocycles. The Kier molecular flexibility index (Phi) is 6.30. The molecule has 0 atom stereocenters. The molecule has 2 rings (SSSR count). The van der Waals surface area contributed by atoms with Crippen molar-refractivity contribution in [2.75, 3.05) is 27.2 Å². The number of nitrogens with zero attached hydrogens (tertiary/aromatic N) is 2. The van der Waals surface area contributed by atoms with Crippen LogP contribution >= 0.6 is 0 Å². The van der Waals surface area contributed by atoms with E-state index in [4.69, 9.17) is 4.74 Å². The predicted octanol–water partition coefficient (Wildman–Crippen LogP) is 2.77. The van der Waals surface area contributed by atoms with Crippen LogP contribution in [0.5, 0.6) is 5.75 Å². The van der Waals surface area contributed by atoms with E-state index in [1.165, 1.54) is 5.56 Å². The van der Waals surface area contributed by atoms with Crippen molar-refractivity contribution < 1.29 is 4.74 Å². The first-order valence-electron chi connectivity index (χ1n) is 7.43. The zero-order valence-corrected chi connectivity index (χ0v) is 13.2. The largest absolute Gasteiger partial charge is 0.492 e. The number of guanidine groups is 1. The minimum atomic E-state index is 0.599. The van der Waals surface area contributed by atoms with Crippen LogP contribution in [0.15, 0.2) is 65.7 Å². The van der Waals surface area contributed by atoms with E-state index in [0.717, 1.165) is 18.3 Å². The Balaban J connectivity index is 1.75. The number of hydrogen-bond donors (Lipinski definition) is 1. The quantitative estimate of drug-likeness (QED) is 0.506. The summed E-state index contributed by atoms with van der Waals surface area (Å²) in [5, 5.41) is 3.31.